The van der Waals surface area contributed by atoms with E-state index in [0.29, 0.717) is 19.5 Å². The maximum atomic E-state index is 12.5. The van der Waals surface area contributed by atoms with E-state index in [0.717, 1.165) is 31.6 Å². The molecular formula is C18H25N3O3. The molecule has 0 aromatic heterocycles. The van der Waals surface area contributed by atoms with Crippen LogP contribution in [0.15, 0.2) is 24.3 Å². The monoisotopic (exact) mass is 331 g/mol. The van der Waals surface area contributed by atoms with Gasteiger partial charge in [0, 0.05) is 38.0 Å². The van der Waals surface area contributed by atoms with E-state index in [2.05, 4.69) is 16.7 Å². The third-order valence-corrected chi connectivity index (χ3v) is 4.85. The van der Waals surface area contributed by atoms with Gasteiger partial charge in [0.25, 0.3) is 0 Å². The van der Waals surface area contributed by atoms with Crippen LogP contribution < -0.4 is 15.4 Å². The fraction of sp³-hybridized carbons (Fsp3) is 0.556. The SMILES string of the molecule is COc1cccc(CC2CCCN2C(=O)NCC2CNC(=O)C2)c1. The number of hydrogen-bond acceptors (Lipinski definition) is 3. The highest BCUT2D eigenvalue weighted by Gasteiger charge is 2.30. The van der Waals surface area contributed by atoms with Crippen LogP contribution in [-0.4, -0.2) is 49.6 Å². The molecule has 6 nitrogen and oxygen atoms in total. The van der Waals surface area contributed by atoms with Gasteiger partial charge < -0.3 is 20.3 Å². The van der Waals surface area contributed by atoms with Gasteiger partial charge in [-0.05, 0) is 37.0 Å². The molecule has 2 atom stereocenters. The average molecular weight is 331 g/mol. The van der Waals surface area contributed by atoms with Crippen LogP contribution >= 0.6 is 0 Å². The van der Waals surface area contributed by atoms with Crippen LogP contribution in [0.4, 0.5) is 4.79 Å². The van der Waals surface area contributed by atoms with Crippen LogP contribution in [0, 0.1) is 5.92 Å². The Bertz CT molecular complexity index is 605. The molecule has 0 bridgehead atoms. The van der Waals surface area contributed by atoms with Gasteiger partial charge in [0.1, 0.15) is 5.75 Å². The molecule has 2 fully saturated rings. The second-order valence-electron chi connectivity index (χ2n) is 6.61. The number of likely N-dealkylation sites (tertiary alicyclic amines) is 1. The molecule has 2 aliphatic heterocycles. The van der Waals surface area contributed by atoms with Crippen molar-refractivity contribution in [1.29, 1.82) is 0 Å². The third kappa shape index (κ3) is 3.99. The largest absolute Gasteiger partial charge is 0.497 e. The standard InChI is InChI=1S/C18H25N3O3/c1-24-16-6-2-4-13(9-16)8-15-5-3-7-21(15)18(23)20-12-14-10-17(22)19-11-14/h2,4,6,9,14-15H,3,5,7-8,10-12H2,1H3,(H,19,22)(H,20,23). The topological polar surface area (TPSA) is 70.7 Å². The molecule has 3 rings (SSSR count). The molecule has 0 aliphatic carbocycles. The first kappa shape index (κ1) is 16.6. The molecule has 2 N–H and O–H groups in total. The normalized spacial score (nSPS) is 23.2. The minimum Gasteiger partial charge on any atom is -0.497 e. The highest BCUT2D eigenvalue weighted by atomic mass is 16.5. The number of nitrogens with zero attached hydrogens (tertiary/aromatic N) is 1. The number of methoxy groups -OCH3 is 1. The van der Waals surface area contributed by atoms with E-state index < -0.39 is 0 Å². The lowest BCUT2D eigenvalue weighted by Gasteiger charge is -2.26. The number of hydrogen-bond donors (Lipinski definition) is 2. The Morgan fingerprint density at radius 1 is 1.46 bits per heavy atom. The minimum absolute atomic E-state index is 0.0141. The van der Waals surface area contributed by atoms with Gasteiger partial charge in [-0.25, -0.2) is 4.79 Å². The zero-order chi connectivity index (χ0) is 16.9. The molecule has 1 aromatic rings. The lowest BCUT2D eigenvalue weighted by molar-refractivity contribution is -0.119. The summed E-state index contributed by atoms with van der Waals surface area (Å²) in [6.07, 6.45) is 3.40. The molecule has 1 aromatic carbocycles. The number of carbonyl (C=O) groups is 2. The summed E-state index contributed by atoms with van der Waals surface area (Å²) in [5.74, 6) is 1.13. The van der Waals surface area contributed by atoms with Gasteiger partial charge >= 0.3 is 6.03 Å². The number of urea groups is 1. The summed E-state index contributed by atoms with van der Waals surface area (Å²) in [6, 6.07) is 8.23. The van der Waals surface area contributed by atoms with E-state index in [-0.39, 0.29) is 23.9 Å². The summed E-state index contributed by atoms with van der Waals surface area (Å²) in [4.78, 5) is 25.6. The minimum atomic E-state index is -0.0141. The molecule has 0 saturated carbocycles. The Hall–Kier alpha value is -2.24. The Kier molecular flexibility index (Phi) is 5.23. The van der Waals surface area contributed by atoms with Gasteiger partial charge in [0.15, 0.2) is 0 Å². The average Bonchev–Trinajstić information content (AvgIpc) is 3.22. The number of rotatable bonds is 5. The lowest BCUT2D eigenvalue weighted by Crippen LogP contribution is -2.45. The van der Waals surface area contributed by atoms with Crippen molar-refractivity contribution in [3.63, 3.8) is 0 Å². The van der Waals surface area contributed by atoms with E-state index in [9.17, 15) is 9.59 Å². The summed E-state index contributed by atoms with van der Waals surface area (Å²) in [5, 5.41) is 5.79. The van der Waals surface area contributed by atoms with Crippen molar-refractivity contribution in [3.05, 3.63) is 29.8 Å². The molecule has 2 aliphatic rings. The molecule has 0 spiro atoms. The van der Waals surface area contributed by atoms with Crippen molar-refractivity contribution >= 4 is 11.9 Å². The van der Waals surface area contributed by atoms with Gasteiger partial charge in [0.05, 0.1) is 7.11 Å². The second kappa shape index (κ2) is 7.55. The Labute approximate surface area is 142 Å². The molecule has 2 saturated heterocycles. The summed E-state index contributed by atoms with van der Waals surface area (Å²) < 4.78 is 5.27. The summed E-state index contributed by atoms with van der Waals surface area (Å²) in [6.45, 7) is 2.01. The maximum Gasteiger partial charge on any atom is 0.317 e. The number of benzene rings is 1. The quantitative estimate of drug-likeness (QED) is 0.860. The van der Waals surface area contributed by atoms with E-state index >= 15 is 0 Å². The first-order valence-electron chi connectivity index (χ1n) is 8.60. The summed E-state index contributed by atoms with van der Waals surface area (Å²) in [5.41, 5.74) is 1.18. The van der Waals surface area contributed by atoms with Crippen molar-refractivity contribution in [2.45, 2.75) is 31.7 Å². The smallest absolute Gasteiger partial charge is 0.317 e. The van der Waals surface area contributed by atoms with Crippen LogP contribution in [0.5, 0.6) is 5.75 Å². The maximum absolute atomic E-state index is 12.5. The zero-order valence-corrected chi connectivity index (χ0v) is 14.1. The van der Waals surface area contributed by atoms with E-state index in [4.69, 9.17) is 4.74 Å². The second-order valence-corrected chi connectivity index (χ2v) is 6.61. The van der Waals surface area contributed by atoms with Crippen molar-refractivity contribution in [2.24, 2.45) is 5.92 Å². The van der Waals surface area contributed by atoms with Crippen LogP contribution in [0.2, 0.25) is 0 Å². The highest BCUT2D eigenvalue weighted by molar-refractivity contribution is 5.79. The molecule has 24 heavy (non-hydrogen) atoms. The Morgan fingerprint density at radius 2 is 2.33 bits per heavy atom. The first-order chi connectivity index (χ1) is 11.7. The van der Waals surface area contributed by atoms with Crippen LogP contribution in [0.1, 0.15) is 24.8 Å². The van der Waals surface area contributed by atoms with Crippen molar-refractivity contribution < 1.29 is 14.3 Å². The molecule has 6 heteroatoms. The van der Waals surface area contributed by atoms with Gasteiger partial charge in [-0.2, -0.15) is 0 Å². The van der Waals surface area contributed by atoms with Gasteiger partial charge in [-0.1, -0.05) is 12.1 Å². The van der Waals surface area contributed by atoms with E-state index in [1.807, 2.05) is 23.1 Å². The van der Waals surface area contributed by atoms with Crippen molar-refractivity contribution in [2.75, 3.05) is 26.7 Å². The zero-order valence-electron chi connectivity index (χ0n) is 14.1. The predicted octanol–water partition coefficient (Wildman–Crippen LogP) is 1.55. The van der Waals surface area contributed by atoms with Gasteiger partial charge in [0.2, 0.25) is 5.91 Å². The molecule has 130 valence electrons. The lowest BCUT2D eigenvalue weighted by atomic mass is 10.0. The summed E-state index contributed by atoms with van der Waals surface area (Å²) >= 11 is 0. The van der Waals surface area contributed by atoms with Crippen molar-refractivity contribution in [3.8, 4) is 5.75 Å². The number of carbonyl (C=O) groups excluding carboxylic acids is 2. The van der Waals surface area contributed by atoms with Crippen LogP contribution in [0.3, 0.4) is 0 Å². The van der Waals surface area contributed by atoms with E-state index in [1.165, 1.54) is 5.56 Å². The summed E-state index contributed by atoms with van der Waals surface area (Å²) in [7, 11) is 1.66. The van der Waals surface area contributed by atoms with E-state index in [1.54, 1.807) is 7.11 Å². The predicted molar refractivity (Wildman–Crippen MR) is 90.9 cm³/mol. The number of nitrogens with one attached hydrogen (secondary N) is 2. The fourth-order valence-electron chi connectivity index (χ4n) is 3.53. The first-order valence-corrected chi connectivity index (χ1v) is 8.60. The molecule has 3 amide bonds. The molecule has 0 radical (unpaired) electrons. The third-order valence-electron chi connectivity index (χ3n) is 4.85. The Morgan fingerprint density at radius 3 is 3.08 bits per heavy atom. The number of ether oxygens (including phenoxy) is 1. The molecule has 2 heterocycles. The fourth-order valence-corrected chi connectivity index (χ4v) is 3.53. The van der Waals surface area contributed by atoms with Crippen molar-refractivity contribution in [1.82, 2.24) is 15.5 Å². The van der Waals surface area contributed by atoms with Crippen LogP contribution in [0.25, 0.3) is 0 Å². The number of amides is 3. The van der Waals surface area contributed by atoms with Gasteiger partial charge in [-0.15, -0.1) is 0 Å². The Balaban J connectivity index is 1.54. The van der Waals surface area contributed by atoms with Crippen LogP contribution in [-0.2, 0) is 11.2 Å². The molecular weight excluding hydrogens is 306 g/mol. The molecule has 2 unspecified atom stereocenters. The van der Waals surface area contributed by atoms with Gasteiger partial charge in [-0.3, -0.25) is 4.79 Å². The highest BCUT2D eigenvalue weighted by Crippen LogP contribution is 2.23.